The van der Waals surface area contributed by atoms with Crippen molar-refractivity contribution in [3.05, 3.63) is 46.3 Å². The molecule has 88 valence electrons. The Balaban J connectivity index is 0.00000225. The third-order valence-electron chi connectivity index (χ3n) is 1.89. The first kappa shape index (κ1) is 14.3. The lowest BCUT2D eigenvalue weighted by atomic mass is 10.1. The summed E-state index contributed by atoms with van der Waals surface area (Å²) < 4.78 is 13.0. The molecule has 7 heteroatoms. The van der Waals surface area contributed by atoms with Gasteiger partial charge in [-0.25, -0.2) is 4.39 Å². The normalized spacial score (nSPS) is 11.4. The minimum absolute atomic E-state index is 0. The van der Waals surface area contributed by atoms with Crippen molar-refractivity contribution in [1.82, 2.24) is 0 Å². The molecule has 0 saturated carbocycles. The molecule has 3 N–H and O–H groups in total. The number of hydrogen-bond donors (Lipinski definition) is 2. The molecular weight excluding hydrogens is 239 g/mol. The molecule has 0 amide bonds. The maximum absolute atomic E-state index is 13.0. The van der Waals surface area contributed by atoms with Crippen LogP contribution in [0.15, 0.2) is 24.8 Å². The van der Waals surface area contributed by atoms with Gasteiger partial charge in [0.05, 0.1) is 17.0 Å². The highest BCUT2D eigenvalue weighted by Gasteiger charge is 2.21. The summed E-state index contributed by atoms with van der Waals surface area (Å²) in [5, 5.41) is 19.9. The fourth-order valence-corrected chi connectivity index (χ4v) is 1.13. The van der Waals surface area contributed by atoms with E-state index in [2.05, 4.69) is 6.58 Å². The summed E-state index contributed by atoms with van der Waals surface area (Å²) in [4.78, 5) is 9.57. The van der Waals surface area contributed by atoms with Crippen molar-refractivity contribution in [1.29, 1.82) is 0 Å². The molecule has 0 aliphatic carbocycles. The first-order chi connectivity index (χ1) is 6.97. The maximum atomic E-state index is 13.0. The van der Waals surface area contributed by atoms with Crippen molar-refractivity contribution in [3.8, 4) is 5.75 Å². The van der Waals surface area contributed by atoms with E-state index >= 15 is 0 Å². The highest BCUT2D eigenvalue weighted by molar-refractivity contribution is 5.85. The van der Waals surface area contributed by atoms with Crippen LogP contribution in [0.2, 0.25) is 0 Å². The summed E-state index contributed by atoms with van der Waals surface area (Å²) in [5.41, 5.74) is 4.70. The second-order valence-corrected chi connectivity index (χ2v) is 2.88. The van der Waals surface area contributed by atoms with E-state index in [0.717, 1.165) is 6.07 Å². The molecule has 5 nitrogen and oxygen atoms in total. The predicted octanol–water partition coefficient (Wildman–Crippen LogP) is 2.05. The van der Waals surface area contributed by atoms with Gasteiger partial charge in [0.2, 0.25) is 0 Å². The highest BCUT2D eigenvalue weighted by Crippen LogP contribution is 2.33. The molecule has 1 atom stereocenters. The summed E-state index contributed by atoms with van der Waals surface area (Å²) in [6.07, 6.45) is 1.25. The number of phenolic OH excluding ortho intramolecular Hbond substituents is 1. The summed E-state index contributed by atoms with van der Waals surface area (Å²) >= 11 is 0. The lowest BCUT2D eigenvalue weighted by Crippen LogP contribution is -2.08. The summed E-state index contributed by atoms with van der Waals surface area (Å²) in [6, 6.07) is 0.725. The van der Waals surface area contributed by atoms with Crippen molar-refractivity contribution in [2.75, 3.05) is 0 Å². The quantitative estimate of drug-likeness (QED) is 0.487. The van der Waals surface area contributed by atoms with Crippen LogP contribution in [-0.4, -0.2) is 10.0 Å². The monoisotopic (exact) mass is 248 g/mol. The van der Waals surface area contributed by atoms with E-state index in [0.29, 0.717) is 6.07 Å². The molecule has 0 aliphatic heterocycles. The van der Waals surface area contributed by atoms with E-state index in [1.807, 2.05) is 0 Å². The van der Waals surface area contributed by atoms with Crippen LogP contribution < -0.4 is 5.73 Å². The Labute approximate surface area is 96.9 Å². The minimum Gasteiger partial charge on any atom is -0.502 e. The van der Waals surface area contributed by atoms with Crippen molar-refractivity contribution < 1.29 is 14.4 Å². The van der Waals surface area contributed by atoms with Gasteiger partial charge in [-0.05, 0) is 6.07 Å². The number of hydrogen-bond acceptors (Lipinski definition) is 4. The Bertz CT molecular complexity index is 425. The smallest absolute Gasteiger partial charge is 0.313 e. The number of nitro benzene ring substituents is 1. The van der Waals surface area contributed by atoms with Crippen LogP contribution in [0.1, 0.15) is 11.6 Å². The first-order valence-electron chi connectivity index (χ1n) is 4.02. The Hall–Kier alpha value is -1.66. The molecule has 0 radical (unpaired) electrons. The molecule has 0 saturated heterocycles. The van der Waals surface area contributed by atoms with E-state index in [9.17, 15) is 19.6 Å². The number of benzene rings is 1. The molecule has 1 aromatic carbocycles. The number of nitrogens with two attached hydrogens (primary N) is 1. The number of phenols is 1. The lowest BCUT2D eigenvalue weighted by Gasteiger charge is -2.09. The third kappa shape index (κ3) is 2.68. The van der Waals surface area contributed by atoms with Crippen molar-refractivity contribution in [2.45, 2.75) is 6.04 Å². The lowest BCUT2D eigenvalue weighted by molar-refractivity contribution is -0.386. The molecule has 0 heterocycles. The standard InChI is InChI=1S/C9H9FN2O3.ClH/c1-2-7(11)6-3-5(10)4-8(9(6)13)12(14)15;/h2-4,7,13H,1,11H2;1H/t7-;/m0./s1. The third-order valence-corrected chi connectivity index (χ3v) is 1.89. The van der Waals surface area contributed by atoms with Crippen molar-refractivity contribution >= 4 is 18.1 Å². The van der Waals surface area contributed by atoms with Gasteiger partial charge in [0.15, 0.2) is 5.75 Å². The zero-order chi connectivity index (χ0) is 11.6. The van der Waals surface area contributed by atoms with Gasteiger partial charge in [-0.1, -0.05) is 6.08 Å². The topological polar surface area (TPSA) is 89.4 Å². The summed E-state index contributed by atoms with van der Waals surface area (Å²) in [6.45, 7) is 3.35. The number of nitro groups is 1. The SMILES string of the molecule is C=C[C@H](N)c1cc(F)cc([N+](=O)[O-])c1O.Cl. The van der Waals surface area contributed by atoms with Gasteiger partial charge in [-0.2, -0.15) is 0 Å². The maximum Gasteiger partial charge on any atom is 0.313 e. The van der Waals surface area contributed by atoms with Gasteiger partial charge in [0.25, 0.3) is 0 Å². The van der Waals surface area contributed by atoms with Gasteiger partial charge in [-0.3, -0.25) is 10.1 Å². The second kappa shape index (κ2) is 5.43. The van der Waals surface area contributed by atoms with Crippen LogP contribution >= 0.6 is 12.4 Å². The van der Waals surface area contributed by atoms with Gasteiger partial charge in [-0.15, -0.1) is 19.0 Å². The molecule has 1 rings (SSSR count). The zero-order valence-electron chi connectivity index (χ0n) is 8.09. The summed E-state index contributed by atoms with van der Waals surface area (Å²) in [7, 11) is 0. The average Bonchev–Trinajstić information content (AvgIpc) is 2.19. The van der Waals surface area contributed by atoms with E-state index in [-0.39, 0.29) is 18.0 Å². The van der Waals surface area contributed by atoms with E-state index in [4.69, 9.17) is 5.73 Å². The second-order valence-electron chi connectivity index (χ2n) is 2.88. The highest BCUT2D eigenvalue weighted by atomic mass is 35.5. The molecule has 1 aromatic rings. The van der Waals surface area contributed by atoms with E-state index in [1.54, 1.807) is 0 Å². The molecular formula is C9H10ClFN2O3. The van der Waals surface area contributed by atoms with Crippen molar-refractivity contribution in [2.24, 2.45) is 5.73 Å². The number of nitrogens with zero attached hydrogens (tertiary/aromatic N) is 1. The Morgan fingerprint density at radius 3 is 2.62 bits per heavy atom. The average molecular weight is 249 g/mol. The van der Waals surface area contributed by atoms with E-state index < -0.39 is 28.2 Å². The van der Waals surface area contributed by atoms with Gasteiger partial charge in [0.1, 0.15) is 5.82 Å². The van der Waals surface area contributed by atoms with Crippen LogP contribution in [-0.2, 0) is 0 Å². The van der Waals surface area contributed by atoms with Gasteiger partial charge in [0, 0.05) is 5.56 Å². The van der Waals surface area contributed by atoms with E-state index in [1.165, 1.54) is 6.08 Å². The molecule has 16 heavy (non-hydrogen) atoms. The number of halogens is 2. The fourth-order valence-electron chi connectivity index (χ4n) is 1.13. The van der Waals surface area contributed by atoms with Crippen molar-refractivity contribution in [3.63, 3.8) is 0 Å². The molecule has 0 aliphatic rings. The molecule has 0 unspecified atom stereocenters. The van der Waals surface area contributed by atoms with Crippen LogP contribution in [0.4, 0.5) is 10.1 Å². The molecule has 0 spiro atoms. The zero-order valence-corrected chi connectivity index (χ0v) is 8.91. The largest absolute Gasteiger partial charge is 0.502 e. The Morgan fingerprint density at radius 2 is 2.19 bits per heavy atom. The molecule has 0 aromatic heterocycles. The fraction of sp³-hybridized carbons (Fsp3) is 0.111. The molecule has 0 bridgehead atoms. The van der Waals surface area contributed by atoms with Crippen LogP contribution in [0.5, 0.6) is 5.75 Å². The van der Waals surface area contributed by atoms with Crippen LogP contribution in [0, 0.1) is 15.9 Å². The van der Waals surface area contributed by atoms with Crippen LogP contribution in [0.3, 0.4) is 0 Å². The minimum atomic E-state index is -0.877. The Kier molecular flexibility index (Phi) is 4.87. The number of rotatable bonds is 3. The summed E-state index contributed by atoms with van der Waals surface area (Å²) in [5.74, 6) is -1.46. The molecule has 0 fully saturated rings. The predicted molar refractivity (Wildman–Crippen MR) is 59.1 cm³/mol. The first-order valence-corrected chi connectivity index (χ1v) is 4.02. The van der Waals surface area contributed by atoms with Crippen LogP contribution in [0.25, 0.3) is 0 Å². The number of aromatic hydroxyl groups is 1. The van der Waals surface area contributed by atoms with Gasteiger partial charge < -0.3 is 10.8 Å². The van der Waals surface area contributed by atoms with Gasteiger partial charge >= 0.3 is 5.69 Å². The Morgan fingerprint density at radius 1 is 1.62 bits per heavy atom.